The van der Waals surface area contributed by atoms with Gasteiger partial charge in [-0.2, -0.15) is 0 Å². The zero-order chi connectivity index (χ0) is 30.0. The number of aliphatic hydroxyl groups excluding tert-OH is 2. The molecule has 0 spiro atoms. The van der Waals surface area contributed by atoms with Crippen molar-refractivity contribution in [1.29, 1.82) is 0 Å². The van der Waals surface area contributed by atoms with Crippen molar-refractivity contribution in [3.05, 3.63) is 106 Å². The van der Waals surface area contributed by atoms with Gasteiger partial charge in [-0.15, -0.1) is 0 Å². The number of pyridine rings is 1. The van der Waals surface area contributed by atoms with E-state index >= 15 is 0 Å². The van der Waals surface area contributed by atoms with Crippen molar-refractivity contribution in [3.63, 3.8) is 0 Å². The van der Waals surface area contributed by atoms with Crippen molar-refractivity contribution >= 4 is 27.8 Å². The summed E-state index contributed by atoms with van der Waals surface area (Å²) in [5.74, 6) is -1.49. The molecule has 3 N–H and O–H groups in total. The zero-order valence-corrected chi connectivity index (χ0v) is 23.7. The van der Waals surface area contributed by atoms with Crippen LogP contribution in [-0.4, -0.2) is 42.6 Å². The molecule has 3 aromatic carbocycles. The Bertz CT molecular complexity index is 1790. The van der Waals surface area contributed by atoms with Gasteiger partial charge in [-0.3, -0.25) is 9.59 Å². The number of para-hydroxylation sites is 1. The summed E-state index contributed by atoms with van der Waals surface area (Å²) in [7, 11) is 0. The SMILES string of the molecule is CC(C)n1c(CC[C@@H](O)C[C@@H](O)CC(=O)O)c(-c2ccccc2)c2c3ccccc3n(Cc3cccc(F)c3)c(=O)c21. The van der Waals surface area contributed by atoms with Gasteiger partial charge in [-0.1, -0.05) is 60.7 Å². The molecule has 8 heteroatoms. The highest BCUT2D eigenvalue weighted by Crippen LogP contribution is 2.40. The first-order valence-corrected chi connectivity index (χ1v) is 14.2. The summed E-state index contributed by atoms with van der Waals surface area (Å²) in [6, 6.07) is 23.7. The molecule has 5 rings (SSSR count). The topological polar surface area (TPSA) is 105 Å². The third-order valence-electron chi connectivity index (χ3n) is 7.70. The lowest BCUT2D eigenvalue weighted by atomic mass is 9.96. The zero-order valence-electron chi connectivity index (χ0n) is 23.7. The fraction of sp³-hybridized carbons (Fsp3) is 0.294. The average Bonchev–Trinajstić information content (AvgIpc) is 3.30. The van der Waals surface area contributed by atoms with Gasteiger partial charge in [0.1, 0.15) is 11.3 Å². The second kappa shape index (κ2) is 12.3. The van der Waals surface area contributed by atoms with E-state index in [1.54, 1.807) is 16.7 Å². The van der Waals surface area contributed by atoms with Gasteiger partial charge in [0.05, 0.1) is 30.7 Å². The van der Waals surface area contributed by atoms with Crippen LogP contribution in [0.15, 0.2) is 83.7 Å². The Balaban J connectivity index is 1.74. The maximum absolute atomic E-state index is 14.5. The number of carbonyl (C=O) groups is 1. The van der Waals surface area contributed by atoms with Crippen LogP contribution >= 0.6 is 0 Å². The number of carboxylic acids is 1. The van der Waals surface area contributed by atoms with Gasteiger partial charge in [-0.05, 0) is 62.4 Å². The minimum Gasteiger partial charge on any atom is -0.481 e. The van der Waals surface area contributed by atoms with Crippen LogP contribution in [0.4, 0.5) is 4.39 Å². The van der Waals surface area contributed by atoms with E-state index in [9.17, 15) is 24.2 Å². The highest BCUT2D eigenvalue weighted by molar-refractivity contribution is 6.13. The smallest absolute Gasteiger partial charge is 0.305 e. The van der Waals surface area contributed by atoms with Gasteiger partial charge in [0.2, 0.25) is 0 Å². The lowest BCUT2D eigenvalue weighted by Crippen LogP contribution is -2.24. The van der Waals surface area contributed by atoms with Gasteiger partial charge < -0.3 is 24.5 Å². The van der Waals surface area contributed by atoms with Gasteiger partial charge in [0.25, 0.3) is 5.56 Å². The number of rotatable bonds is 11. The monoisotopic (exact) mass is 570 g/mol. The quantitative estimate of drug-likeness (QED) is 0.183. The molecule has 2 aromatic heterocycles. The molecule has 0 radical (unpaired) electrons. The van der Waals surface area contributed by atoms with E-state index in [1.165, 1.54) is 12.1 Å². The molecule has 0 aliphatic rings. The summed E-state index contributed by atoms with van der Waals surface area (Å²) >= 11 is 0. The number of aliphatic carboxylic acids is 1. The lowest BCUT2D eigenvalue weighted by Gasteiger charge is -2.19. The first-order valence-electron chi connectivity index (χ1n) is 14.2. The molecular formula is C34H35FN2O5. The molecule has 2 atom stereocenters. The highest BCUT2D eigenvalue weighted by atomic mass is 19.1. The summed E-state index contributed by atoms with van der Waals surface area (Å²) in [6.07, 6.45) is -1.90. The first-order chi connectivity index (χ1) is 20.2. The average molecular weight is 571 g/mol. The van der Waals surface area contributed by atoms with Crippen molar-refractivity contribution in [2.24, 2.45) is 0 Å². The molecule has 0 bridgehead atoms. The van der Waals surface area contributed by atoms with E-state index in [1.807, 2.05) is 73.0 Å². The highest BCUT2D eigenvalue weighted by Gasteiger charge is 2.27. The molecule has 2 heterocycles. The molecule has 0 aliphatic carbocycles. The van der Waals surface area contributed by atoms with Crippen molar-refractivity contribution in [2.75, 3.05) is 0 Å². The number of aliphatic hydroxyl groups is 2. The largest absolute Gasteiger partial charge is 0.481 e. The molecule has 42 heavy (non-hydrogen) atoms. The number of aromatic nitrogens is 2. The van der Waals surface area contributed by atoms with Crippen LogP contribution in [0.25, 0.3) is 32.9 Å². The number of hydrogen-bond donors (Lipinski definition) is 3. The van der Waals surface area contributed by atoms with E-state index in [4.69, 9.17) is 5.11 Å². The minimum absolute atomic E-state index is 0.0573. The van der Waals surface area contributed by atoms with Crippen LogP contribution in [0, 0.1) is 5.82 Å². The second-order valence-corrected chi connectivity index (χ2v) is 11.1. The standard InChI is InChI=1S/C34H35FN2O5/c1-21(2)37-29(16-15-25(38)18-26(39)19-30(40)41)31(23-10-4-3-5-11-23)32-27-13-6-7-14-28(27)36(34(42)33(32)37)20-22-9-8-12-24(35)17-22/h3-14,17,21,25-26,38-39H,15-16,18-20H2,1-2H3,(H,40,41)/t25-,26-/m1/s1. The molecule has 0 unspecified atom stereocenters. The Kier molecular flexibility index (Phi) is 8.56. The fourth-order valence-electron chi connectivity index (χ4n) is 5.99. The van der Waals surface area contributed by atoms with Crippen molar-refractivity contribution < 1.29 is 24.5 Å². The van der Waals surface area contributed by atoms with Crippen LogP contribution in [-0.2, 0) is 17.8 Å². The number of fused-ring (bicyclic) bond motifs is 3. The molecule has 0 saturated carbocycles. The summed E-state index contributed by atoms with van der Waals surface area (Å²) in [6.45, 7) is 4.22. The van der Waals surface area contributed by atoms with E-state index < -0.39 is 24.6 Å². The normalized spacial score (nSPS) is 13.2. The number of halogens is 1. The minimum atomic E-state index is -1.15. The number of nitrogens with zero attached hydrogens (tertiary/aromatic N) is 2. The van der Waals surface area contributed by atoms with E-state index in [0.717, 1.165) is 33.1 Å². The fourth-order valence-corrected chi connectivity index (χ4v) is 5.99. The second-order valence-electron chi connectivity index (χ2n) is 11.1. The number of carboxylic acid groups (broad SMARTS) is 1. The predicted octanol–water partition coefficient (Wildman–Crippen LogP) is 5.91. The number of benzene rings is 3. The molecule has 5 aromatic rings. The van der Waals surface area contributed by atoms with Crippen molar-refractivity contribution in [2.45, 2.75) is 64.3 Å². The third kappa shape index (κ3) is 5.86. The summed E-state index contributed by atoms with van der Waals surface area (Å²) in [5, 5.41) is 31.5. The first kappa shape index (κ1) is 29.2. The Labute approximate surface area is 243 Å². The molecule has 0 fully saturated rings. The van der Waals surface area contributed by atoms with Gasteiger partial charge in [-0.25, -0.2) is 4.39 Å². The van der Waals surface area contributed by atoms with E-state index in [2.05, 4.69) is 0 Å². The summed E-state index contributed by atoms with van der Waals surface area (Å²) < 4.78 is 17.8. The van der Waals surface area contributed by atoms with Crippen LogP contribution in [0.5, 0.6) is 0 Å². The van der Waals surface area contributed by atoms with Crippen LogP contribution in [0.1, 0.15) is 50.4 Å². The number of hydrogen-bond acceptors (Lipinski definition) is 4. The maximum Gasteiger partial charge on any atom is 0.305 e. The lowest BCUT2D eigenvalue weighted by molar-refractivity contribution is -0.139. The molecule has 218 valence electrons. The van der Waals surface area contributed by atoms with E-state index in [-0.39, 0.29) is 36.8 Å². The molecular weight excluding hydrogens is 535 g/mol. The van der Waals surface area contributed by atoms with Crippen molar-refractivity contribution in [3.8, 4) is 11.1 Å². The Hall–Kier alpha value is -4.27. The van der Waals surface area contributed by atoms with Crippen LogP contribution in [0.3, 0.4) is 0 Å². The Morgan fingerprint density at radius 3 is 2.33 bits per heavy atom. The molecule has 7 nitrogen and oxygen atoms in total. The van der Waals surface area contributed by atoms with E-state index in [0.29, 0.717) is 17.5 Å². The third-order valence-corrected chi connectivity index (χ3v) is 7.70. The summed E-state index contributed by atoms with van der Waals surface area (Å²) in [4.78, 5) is 25.4. The van der Waals surface area contributed by atoms with Crippen LogP contribution in [0.2, 0.25) is 0 Å². The Morgan fingerprint density at radius 1 is 0.929 bits per heavy atom. The molecule has 0 aliphatic heterocycles. The Morgan fingerprint density at radius 2 is 1.64 bits per heavy atom. The van der Waals surface area contributed by atoms with Crippen molar-refractivity contribution in [1.82, 2.24) is 9.13 Å². The van der Waals surface area contributed by atoms with Gasteiger partial charge in [0, 0.05) is 28.1 Å². The predicted molar refractivity (Wildman–Crippen MR) is 162 cm³/mol. The summed E-state index contributed by atoms with van der Waals surface area (Å²) in [5.41, 5.74) is 4.48. The maximum atomic E-state index is 14.5. The molecule has 0 saturated heterocycles. The molecule has 0 amide bonds. The van der Waals surface area contributed by atoms with Gasteiger partial charge >= 0.3 is 5.97 Å². The van der Waals surface area contributed by atoms with Gasteiger partial charge in [0.15, 0.2) is 0 Å². The van der Waals surface area contributed by atoms with Crippen LogP contribution < -0.4 is 5.56 Å².